The number of hydrogen-bond donors (Lipinski definition) is 1. The first-order valence-electron chi connectivity index (χ1n) is 5.17. The van der Waals surface area contributed by atoms with Gasteiger partial charge in [-0.2, -0.15) is 5.26 Å². The van der Waals surface area contributed by atoms with Crippen LogP contribution >= 0.6 is 0 Å². The highest BCUT2D eigenvalue weighted by Crippen LogP contribution is 2.28. The number of rotatable bonds is 2. The van der Waals surface area contributed by atoms with Gasteiger partial charge in [0.2, 0.25) is 0 Å². The number of nitriles is 1. The Balaban J connectivity index is 2.45. The van der Waals surface area contributed by atoms with Crippen molar-refractivity contribution in [3.63, 3.8) is 0 Å². The van der Waals surface area contributed by atoms with E-state index in [9.17, 15) is 0 Å². The normalized spacial score (nSPS) is 9.65. The maximum absolute atomic E-state index is 8.92. The summed E-state index contributed by atoms with van der Waals surface area (Å²) < 4.78 is 0. The van der Waals surface area contributed by atoms with Gasteiger partial charge >= 0.3 is 0 Å². The number of para-hydroxylation sites is 1. The lowest BCUT2D eigenvalue weighted by molar-refractivity contribution is 1.13. The molecule has 2 N–H and O–H groups in total. The highest BCUT2D eigenvalue weighted by atomic mass is 15.2. The first-order chi connectivity index (χ1) is 8.24. The molecule has 2 aromatic rings. The van der Waals surface area contributed by atoms with Crippen molar-refractivity contribution in [3.8, 4) is 6.07 Å². The van der Waals surface area contributed by atoms with Crippen LogP contribution in [0.3, 0.4) is 0 Å². The number of anilines is 3. The highest BCUT2D eigenvalue weighted by molar-refractivity contribution is 5.75. The average molecular weight is 224 g/mol. The van der Waals surface area contributed by atoms with E-state index in [0.29, 0.717) is 17.1 Å². The van der Waals surface area contributed by atoms with E-state index in [1.807, 2.05) is 42.3 Å². The van der Waals surface area contributed by atoms with Crippen molar-refractivity contribution in [2.45, 2.75) is 0 Å². The standard InChI is InChI=1S/C13H12N4/c1-17(11-5-3-2-4-6-11)13-12(15)10(9-14)7-8-16-13/h2-8H,15H2,1H3. The zero-order valence-electron chi connectivity index (χ0n) is 9.46. The largest absolute Gasteiger partial charge is 0.395 e. The van der Waals surface area contributed by atoms with E-state index in [1.54, 1.807) is 12.3 Å². The van der Waals surface area contributed by atoms with Crippen molar-refractivity contribution in [3.05, 3.63) is 48.2 Å². The molecule has 1 aromatic carbocycles. The van der Waals surface area contributed by atoms with E-state index >= 15 is 0 Å². The molecule has 4 heteroatoms. The minimum absolute atomic E-state index is 0.404. The summed E-state index contributed by atoms with van der Waals surface area (Å²) in [7, 11) is 1.87. The quantitative estimate of drug-likeness (QED) is 0.850. The highest BCUT2D eigenvalue weighted by Gasteiger charge is 2.11. The Kier molecular flexibility index (Phi) is 2.93. The molecule has 0 bridgehead atoms. The Hall–Kier alpha value is -2.54. The Morgan fingerprint density at radius 2 is 1.94 bits per heavy atom. The molecule has 0 aliphatic heterocycles. The molecule has 1 aromatic heterocycles. The number of nitrogens with zero attached hydrogens (tertiary/aromatic N) is 3. The predicted molar refractivity (Wildman–Crippen MR) is 67.9 cm³/mol. The summed E-state index contributed by atoms with van der Waals surface area (Å²) in [5.41, 5.74) is 7.73. The van der Waals surface area contributed by atoms with Crippen molar-refractivity contribution in [1.29, 1.82) is 5.26 Å². The third kappa shape index (κ3) is 2.04. The molecule has 4 nitrogen and oxygen atoms in total. The van der Waals surface area contributed by atoms with Gasteiger partial charge in [-0.1, -0.05) is 18.2 Å². The van der Waals surface area contributed by atoms with Gasteiger partial charge in [-0.05, 0) is 18.2 Å². The van der Waals surface area contributed by atoms with Crippen molar-refractivity contribution in [1.82, 2.24) is 4.98 Å². The Morgan fingerprint density at radius 3 is 2.59 bits per heavy atom. The molecule has 84 valence electrons. The van der Waals surface area contributed by atoms with Crippen molar-refractivity contribution >= 4 is 17.2 Å². The van der Waals surface area contributed by atoms with Crippen LogP contribution in [0.15, 0.2) is 42.6 Å². The molecule has 0 aliphatic rings. The van der Waals surface area contributed by atoms with Gasteiger partial charge in [-0.3, -0.25) is 0 Å². The van der Waals surface area contributed by atoms with Gasteiger partial charge in [-0.15, -0.1) is 0 Å². The molecule has 17 heavy (non-hydrogen) atoms. The second-order valence-electron chi connectivity index (χ2n) is 3.60. The summed E-state index contributed by atoms with van der Waals surface area (Å²) >= 11 is 0. The third-order valence-corrected chi connectivity index (χ3v) is 2.55. The molecule has 0 amide bonds. The maximum atomic E-state index is 8.92. The summed E-state index contributed by atoms with van der Waals surface area (Å²) in [6.07, 6.45) is 1.59. The summed E-state index contributed by atoms with van der Waals surface area (Å²) in [4.78, 5) is 6.07. The molecule has 0 radical (unpaired) electrons. The van der Waals surface area contributed by atoms with E-state index < -0.39 is 0 Å². The lowest BCUT2D eigenvalue weighted by Gasteiger charge is -2.20. The van der Waals surface area contributed by atoms with Crippen LogP contribution < -0.4 is 10.6 Å². The zero-order valence-corrected chi connectivity index (χ0v) is 9.46. The van der Waals surface area contributed by atoms with Gasteiger partial charge in [0.1, 0.15) is 6.07 Å². The van der Waals surface area contributed by atoms with Crippen LogP contribution in [-0.4, -0.2) is 12.0 Å². The number of benzene rings is 1. The lowest BCUT2D eigenvalue weighted by atomic mass is 10.2. The summed E-state index contributed by atoms with van der Waals surface area (Å²) in [5, 5.41) is 8.92. The number of pyridine rings is 1. The lowest BCUT2D eigenvalue weighted by Crippen LogP contribution is -2.13. The fourth-order valence-corrected chi connectivity index (χ4v) is 1.60. The van der Waals surface area contributed by atoms with Gasteiger partial charge in [-0.25, -0.2) is 4.98 Å². The van der Waals surface area contributed by atoms with Gasteiger partial charge in [0, 0.05) is 18.9 Å². The van der Waals surface area contributed by atoms with Crippen LogP contribution in [0, 0.1) is 11.3 Å². The summed E-state index contributed by atoms with van der Waals surface area (Å²) in [5.74, 6) is 0.593. The van der Waals surface area contributed by atoms with E-state index in [-0.39, 0.29) is 0 Å². The average Bonchev–Trinajstić information content (AvgIpc) is 2.39. The summed E-state index contributed by atoms with van der Waals surface area (Å²) in [6.45, 7) is 0. The topological polar surface area (TPSA) is 65.9 Å². The van der Waals surface area contributed by atoms with Gasteiger partial charge in [0.05, 0.1) is 11.3 Å². The SMILES string of the molecule is CN(c1ccccc1)c1nccc(C#N)c1N. The Bertz CT molecular complexity index is 557. The number of hydrogen-bond acceptors (Lipinski definition) is 4. The maximum Gasteiger partial charge on any atom is 0.157 e. The second-order valence-corrected chi connectivity index (χ2v) is 3.60. The molecule has 0 saturated heterocycles. The van der Waals surface area contributed by atoms with Gasteiger partial charge in [0.15, 0.2) is 5.82 Å². The molecular formula is C13H12N4. The number of nitrogen functional groups attached to an aromatic ring is 1. The molecule has 0 fully saturated rings. The molecule has 1 heterocycles. The van der Waals surface area contributed by atoms with E-state index in [0.717, 1.165) is 5.69 Å². The van der Waals surface area contributed by atoms with Gasteiger partial charge in [0.25, 0.3) is 0 Å². The van der Waals surface area contributed by atoms with Crippen LogP contribution in [0.25, 0.3) is 0 Å². The Morgan fingerprint density at radius 1 is 1.24 bits per heavy atom. The predicted octanol–water partition coefficient (Wildman–Crippen LogP) is 2.30. The smallest absolute Gasteiger partial charge is 0.157 e. The van der Waals surface area contributed by atoms with Crippen LogP contribution in [0.1, 0.15) is 5.56 Å². The first-order valence-corrected chi connectivity index (χ1v) is 5.17. The minimum atomic E-state index is 0.404. The fraction of sp³-hybridized carbons (Fsp3) is 0.0769. The van der Waals surface area contributed by atoms with Crippen LogP contribution in [0.2, 0.25) is 0 Å². The third-order valence-electron chi connectivity index (χ3n) is 2.55. The number of nitrogens with two attached hydrogens (primary N) is 1. The minimum Gasteiger partial charge on any atom is -0.395 e. The van der Waals surface area contributed by atoms with Gasteiger partial charge < -0.3 is 10.6 Å². The van der Waals surface area contributed by atoms with Crippen LogP contribution in [0.4, 0.5) is 17.2 Å². The van der Waals surface area contributed by atoms with Crippen LogP contribution in [0.5, 0.6) is 0 Å². The number of aromatic nitrogens is 1. The molecule has 0 aliphatic carbocycles. The fourth-order valence-electron chi connectivity index (χ4n) is 1.60. The zero-order chi connectivity index (χ0) is 12.3. The summed E-state index contributed by atoms with van der Waals surface area (Å²) in [6, 6.07) is 13.4. The van der Waals surface area contributed by atoms with Crippen molar-refractivity contribution < 1.29 is 0 Å². The molecule has 0 saturated carbocycles. The second kappa shape index (κ2) is 4.54. The van der Waals surface area contributed by atoms with E-state index in [4.69, 9.17) is 11.0 Å². The van der Waals surface area contributed by atoms with E-state index in [1.165, 1.54) is 0 Å². The van der Waals surface area contributed by atoms with E-state index in [2.05, 4.69) is 11.1 Å². The molecule has 0 spiro atoms. The molecule has 2 rings (SSSR count). The molecule has 0 unspecified atom stereocenters. The van der Waals surface area contributed by atoms with Crippen LogP contribution in [-0.2, 0) is 0 Å². The van der Waals surface area contributed by atoms with Crippen molar-refractivity contribution in [2.75, 3.05) is 17.7 Å². The van der Waals surface area contributed by atoms with Crippen molar-refractivity contribution in [2.24, 2.45) is 0 Å². The molecule has 0 atom stereocenters. The monoisotopic (exact) mass is 224 g/mol. The first kappa shape index (κ1) is 11.0. The molecular weight excluding hydrogens is 212 g/mol. The Labute approximate surface area is 99.9 Å².